The van der Waals surface area contributed by atoms with E-state index in [0.717, 1.165) is 11.6 Å². The quantitative estimate of drug-likeness (QED) is 0.814. The van der Waals surface area contributed by atoms with Gasteiger partial charge in [0.15, 0.2) is 0 Å². The lowest BCUT2D eigenvalue weighted by atomic mass is 10.3. The lowest BCUT2D eigenvalue weighted by Crippen LogP contribution is -2.25. The van der Waals surface area contributed by atoms with Gasteiger partial charge in [-0.05, 0) is 20.8 Å². The van der Waals surface area contributed by atoms with Gasteiger partial charge in [-0.25, -0.2) is 9.97 Å². The van der Waals surface area contributed by atoms with E-state index in [1.807, 2.05) is 27.0 Å². The zero-order chi connectivity index (χ0) is 12.1. The summed E-state index contributed by atoms with van der Waals surface area (Å²) in [6, 6.07) is 2.16. The normalized spacial score (nSPS) is 10.3. The Morgan fingerprint density at radius 1 is 1.50 bits per heavy atom. The smallest absolute Gasteiger partial charge is 0.149 e. The SMILES string of the molecule is CC(=O)CN(C)c1cc(NC(C)C)ncn1. The first-order valence-corrected chi connectivity index (χ1v) is 5.28. The Balaban J connectivity index is 2.77. The highest BCUT2D eigenvalue weighted by Crippen LogP contribution is 2.12. The Hall–Kier alpha value is -1.65. The van der Waals surface area contributed by atoms with Crippen LogP contribution in [0.15, 0.2) is 12.4 Å². The summed E-state index contributed by atoms with van der Waals surface area (Å²) in [7, 11) is 1.84. The van der Waals surface area contributed by atoms with Crippen molar-refractivity contribution in [3.63, 3.8) is 0 Å². The number of carbonyl (C=O) groups is 1. The lowest BCUT2D eigenvalue weighted by molar-refractivity contribution is -0.115. The van der Waals surface area contributed by atoms with Gasteiger partial charge in [-0.3, -0.25) is 4.79 Å². The number of Topliss-reactive ketones (excluding diaryl/α,β-unsaturated/α-hetero) is 1. The summed E-state index contributed by atoms with van der Waals surface area (Å²) < 4.78 is 0. The van der Waals surface area contributed by atoms with Crippen molar-refractivity contribution in [3.8, 4) is 0 Å². The molecule has 1 heterocycles. The number of anilines is 2. The van der Waals surface area contributed by atoms with Gasteiger partial charge in [-0.15, -0.1) is 0 Å². The molecule has 0 amide bonds. The van der Waals surface area contributed by atoms with Crippen molar-refractivity contribution in [3.05, 3.63) is 12.4 Å². The van der Waals surface area contributed by atoms with Crippen molar-refractivity contribution < 1.29 is 4.79 Å². The molecule has 0 fully saturated rings. The predicted octanol–water partition coefficient (Wildman–Crippen LogP) is 1.32. The Morgan fingerprint density at radius 2 is 2.19 bits per heavy atom. The van der Waals surface area contributed by atoms with Crippen LogP contribution in [0.4, 0.5) is 11.6 Å². The standard InChI is InChI=1S/C11H18N4O/c1-8(2)14-10-5-11(13-7-12-10)15(4)6-9(3)16/h5,7-8H,6H2,1-4H3,(H,12,13,14). The van der Waals surface area contributed by atoms with Crippen molar-refractivity contribution in [2.75, 3.05) is 23.8 Å². The van der Waals surface area contributed by atoms with Crippen molar-refractivity contribution in [1.82, 2.24) is 9.97 Å². The van der Waals surface area contributed by atoms with Crippen molar-refractivity contribution in [1.29, 1.82) is 0 Å². The van der Waals surface area contributed by atoms with Crippen LogP contribution >= 0.6 is 0 Å². The Morgan fingerprint density at radius 3 is 2.75 bits per heavy atom. The second kappa shape index (κ2) is 5.44. The summed E-state index contributed by atoms with van der Waals surface area (Å²) in [5.41, 5.74) is 0. The second-order valence-electron chi connectivity index (χ2n) is 4.12. The maximum atomic E-state index is 11.0. The van der Waals surface area contributed by atoms with Crippen LogP contribution in [0.5, 0.6) is 0 Å². The largest absolute Gasteiger partial charge is 0.368 e. The fraction of sp³-hybridized carbons (Fsp3) is 0.545. The number of nitrogens with one attached hydrogen (secondary N) is 1. The molecule has 0 aromatic carbocycles. The van der Waals surface area contributed by atoms with Crippen LogP contribution in [0.2, 0.25) is 0 Å². The van der Waals surface area contributed by atoms with Gasteiger partial charge < -0.3 is 10.2 Å². The molecule has 0 spiro atoms. The summed E-state index contributed by atoms with van der Waals surface area (Å²) in [4.78, 5) is 21.0. The molecule has 88 valence electrons. The number of carbonyl (C=O) groups excluding carboxylic acids is 1. The van der Waals surface area contributed by atoms with Crippen LogP contribution < -0.4 is 10.2 Å². The molecule has 0 atom stereocenters. The third-order valence-electron chi connectivity index (χ3n) is 1.94. The number of nitrogens with zero attached hydrogens (tertiary/aromatic N) is 3. The first-order valence-electron chi connectivity index (χ1n) is 5.28. The van der Waals surface area contributed by atoms with E-state index in [1.165, 1.54) is 6.33 Å². The van der Waals surface area contributed by atoms with Crippen molar-refractivity contribution in [2.45, 2.75) is 26.8 Å². The van der Waals surface area contributed by atoms with Crippen LogP contribution in [0.1, 0.15) is 20.8 Å². The first-order chi connectivity index (χ1) is 7.49. The van der Waals surface area contributed by atoms with Gasteiger partial charge in [-0.2, -0.15) is 0 Å². The fourth-order valence-electron chi connectivity index (χ4n) is 1.35. The minimum Gasteiger partial charge on any atom is -0.368 e. The van der Waals surface area contributed by atoms with E-state index in [2.05, 4.69) is 15.3 Å². The highest BCUT2D eigenvalue weighted by molar-refractivity contribution is 5.80. The molecule has 1 N–H and O–H groups in total. The molecule has 1 aromatic heterocycles. The van der Waals surface area contributed by atoms with E-state index in [9.17, 15) is 4.79 Å². The van der Waals surface area contributed by atoms with Gasteiger partial charge in [0.05, 0.1) is 6.54 Å². The molecule has 0 aliphatic heterocycles. The summed E-state index contributed by atoms with van der Waals surface area (Å²) in [5.74, 6) is 1.63. The highest BCUT2D eigenvalue weighted by Gasteiger charge is 2.06. The van der Waals surface area contributed by atoms with E-state index < -0.39 is 0 Å². The zero-order valence-corrected chi connectivity index (χ0v) is 10.2. The Bertz CT molecular complexity index is 365. The topological polar surface area (TPSA) is 58.1 Å². The summed E-state index contributed by atoms with van der Waals surface area (Å²) >= 11 is 0. The minimum absolute atomic E-state index is 0.111. The fourth-order valence-corrected chi connectivity index (χ4v) is 1.35. The van der Waals surface area contributed by atoms with Gasteiger partial charge in [0, 0.05) is 19.2 Å². The highest BCUT2D eigenvalue weighted by atomic mass is 16.1. The average Bonchev–Trinajstić information content (AvgIpc) is 2.16. The molecule has 0 saturated carbocycles. The molecule has 5 nitrogen and oxygen atoms in total. The number of ketones is 1. The van der Waals surface area contributed by atoms with Gasteiger partial charge in [0.1, 0.15) is 23.7 Å². The molecule has 0 radical (unpaired) electrons. The molecule has 5 heteroatoms. The van der Waals surface area contributed by atoms with E-state index in [0.29, 0.717) is 12.6 Å². The van der Waals surface area contributed by atoms with Crippen LogP contribution in [-0.4, -0.2) is 35.4 Å². The summed E-state index contributed by atoms with van der Waals surface area (Å²) in [6.45, 7) is 6.01. The molecule has 0 unspecified atom stereocenters. The Labute approximate surface area is 95.9 Å². The maximum absolute atomic E-state index is 11.0. The third kappa shape index (κ3) is 3.84. The molecular weight excluding hydrogens is 204 g/mol. The maximum Gasteiger partial charge on any atom is 0.149 e. The minimum atomic E-state index is 0.111. The monoisotopic (exact) mass is 222 g/mol. The molecular formula is C11H18N4O. The molecule has 16 heavy (non-hydrogen) atoms. The molecule has 0 aliphatic carbocycles. The van der Waals surface area contributed by atoms with E-state index >= 15 is 0 Å². The van der Waals surface area contributed by atoms with Crippen molar-refractivity contribution >= 4 is 17.4 Å². The molecule has 1 rings (SSSR count). The molecule has 0 aliphatic rings. The van der Waals surface area contributed by atoms with Gasteiger partial charge in [0.25, 0.3) is 0 Å². The van der Waals surface area contributed by atoms with Gasteiger partial charge in [-0.1, -0.05) is 0 Å². The lowest BCUT2D eigenvalue weighted by Gasteiger charge is -2.17. The van der Waals surface area contributed by atoms with Crippen LogP contribution in [0, 0.1) is 0 Å². The zero-order valence-electron chi connectivity index (χ0n) is 10.2. The molecule has 1 aromatic rings. The number of aromatic nitrogens is 2. The molecule has 0 saturated heterocycles. The second-order valence-corrected chi connectivity index (χ2v) is 4.12. The predicted molar refractivity (Wildman–Crippen MR) is 64.7 cm³/mol. The van der Waals surface area contributed by atoms with Crippen LogP contribution in [0.25, 0.3) is 0 Å². The number of rotatable bonds is 5. The van der Waals surface area contributed by atoms with Crippen LogP contribution in [-0.2, 0) is 4.79 Å². The van der Waals surface area contributed by atoms with E-state index in [-0.39, 0.29) is 5.78 Å². The van der Waals surface area contributed by atoms with Crippen molar-refractivity contribution in [2.24, 2.45) is 0 Å². The molecule has 0 bridgehead atoms. The average molecular weight is 222 g/mol. The van der Waals surface area contributed by atoms with Crippen LogP contribution in [0.3, 0.4) is 0 Å². The number of hydrogen-bond acceptors (Lipinski definition) is 5. The van der Waals surface area contributed by atoms with Gasteiger partial charge in [0.2, 0.25) is 0 Å². The van der Waals surface area contributed by atoms with E-state index in [1.54, 1.807) is 11.8 Å². The number of hydrogen-bond donors (Lipinski definition) is 1. The summed E-state index contributed by atoms with van der Waals surface area (Å²) in [5, 5.41) is 3.19. The van der Waals surface area contributed by atoms with E-state index in [4.69, 9.17) is 0 Å². The number of likely N-dealkylation sites (N-methyl/N-ethyl adjacent to an activating group) is 1. The first kappa shape index (κ1) is 12.4. The Kier molecular flexibility index (Phi) is 4.22. The van der Waals surface area contributed by atoms with Gasteiger partial charge >= 0.3 is 0 Å². The third-order valence-corrected chi connectivity index (χ3v) is 1.94. The summed E-state index contributed by atoms with van der Waals surface area (Å²) in [6.07, 6.45) is 1.50.